The highest BCUT2D eigenvalue weighted by Crippen LogP contribution is 2.25. The molecule has 1 N–H and O–H groups in total. The monoisotopic (exact) mass is 338 g/mol. The number of hydrogen-bond donors (Lipinski definition) is 1. The summed E-state index contributed by atoms with van der Waals surface area (Å²) in [7, 11) is 0. The summed E-state index contributed by atoms with van der Waals surface area (Å²) in [5.74, 6) is -1.24. The maximum absolute atomic E-state index is 11.8. The van der Waals surface area contributed by atoms with Crippen LogP contribution in [0.15, 0.2) is 34.0 Å². The Morgan fingerprint density at radius 1 is 1.17 bits per heavy atom. The van der Waals surface area contributed by atoms with Crippen LogP contribution in [0.4, 0.5) is 0 Å². The van der Waals surface area contributed by atoms with Crippen LogP contribution in [0, 0.1) is 5.92 Å². The third kappa shape index (κ3) is 4.66. The standard InChI is InChI=1S/C15H18N2O7/c1-9(18)22-7-11-3-4-14(24-12(11)8-23-10(2)19)17-6-5-13(20)16-15(17)21/h3-6,11-12,14H,7-8H2,1-2H3,(H,16,20,21)/t11-,12-,14-/m0/s1. The van der Waals surface area contributed by atoms with Crippen LogP contribution in [-0.2, 0) is 23.8 Å². The van der Waals surface area contributed by atoms with E-state index in [0.29, 0.717) is 0 Å². The maximum Gasteiger partial charge on any atom is 0.330 e. The lowest BCUT2D eigenvalue weighted by Gasteiger charge is -2.32. The summed E-state index contributed by atoms with van der Waals surface area (Å²) in [5, 5.41) is 0. The molecule has 2 rings (SSSR count). The van der Waals surface area contributed by atoms with E-state index < -0.39 is 35.5 Å². The van der Waals surface area contributed by atoms with E-state index in [9.17, 15) is 19.2 Å². The first kappa shape index (κ1) is 17.7. The molecule has 1 aliphatic rings. The Balaban J connectivity index is 2.19. The molecular formula is C15H18N2O7. The topological polar surface area (TPSA) is 117 Å². The Labute approximate surface area is 136 Å². The van der Waals surface area contributed by atoms with Crippen molar-refractivity contribution in [1.82, 2.24) is 9.55 Å². The number of nitrogens with one attached hydrogen (secondary N) is 1. The number of carbonyl (C=O) groups is 2. The highest BCUT2D eigenvalue weighted by atomic mass is 16.6. The lowest BCUT2D eigenvalue weighted by atomic mass is 10.0. The summed E-state index contributed by atoms with van der Waals surface area (Å²) in [6.45, 7) is 2.56. The summed E-state index contributed by atoms with van der Waals surface area (Å²) in [6.07, 6.45) is 3.26. The van der Waals surface area contributed by atoms with Crippen LogP contribution >= 0.6 is 0 Å². The highest BCUT2D eigenvalue weighted by Gasteiger charge is 2.30. The Kier molecular flexibility index (Phi) is 5.69. The molecule has 2 heterocycles. The highest BCUT2D eigenvalue weighted by molar-refractivity contribution is 5.66. The number of nitrogens with zero attached hydrogens (tertiary/aromatic N) is 1. The molecule has 0 aliphatic carbocycles. The Morgan fingerprint density at radius 2 is 1.83 bits per heavy atom. The lowest BCUT2D eigenvalue weighted by molar-refractivity contribution is -0.156. The van der Waals surface area contributed by atoms with Gasteiger partial charge in [0.05, 0.1) is 0 Å². The second kappa shape index (κ2) is 7.73. The molecule has 0 saturated heterocycles. The minimum Gasteiger partial charge on any atom is -0.465 e. The van der Waals surface area contributed by atoms with Gasteiger partial charge in [0.1, 0.15) is 19.3 Å². The maximum atomic E-state index is 11.8. The van der Waals surface area contributed by atoms with Crippen molar-refractivity contribution < 1.29 is 23.8 Å². The first-order chi connectivity index (χ1) is 11.4. The van der Waals surface area contributed by atoms with Crippen LogP contribution in [-0.4, -0.2) is 40.8 Å². The van der Waals surface area contributed by atoms with Gasteiger partial charge in [-0.25, -0.2) is 4.79 Å². The van der Waals surface area contributed by atoms with Crippen LogP contribution in [0.5, 0.6) is 0 Å². The van der Waals surface area contributed by atoms with Gasteiger partial charge < -0.3 is 14.2 Å². The molecule has 0 aromatic carbocycles. The van der Waals surface area contributed by atoms with Gasteiger partial charge in [-0.05, 0) is 6.08 Å². The van der Waals surface area contributed by atoms with Gasteiger partial charge in [0, 0.05) is 32.0 Å². The molecule has 0 radical (unpaired) electrons. The molecule has 1 aromatic heterocycles. The van der Waals surface area contributed by atoms with Crippen LogP contribution < -0.4 is 11.2 Å². The number of carbonyl (C=O) groups excluding carboxylic acids is 2. The van der Waals surface area contributed by atoms with Gasteiger partial charge in [-0.3, -0.25) is 23.9 Å². The molecule has 0 unspecified atom stereocenters. The smallest absolute Gasteiger partial charge is 0.330 e. The van der Waals surface area contributed by atoms with Gasteiger partial charge in [-0.2, -0.15) is 0 Å². The van der Waals surface area contributed by atoms with Crippen molar-refractivity contribution in [1.29, 1.82) is 0 Å². The number of esters is 2. The number of aromatic amines is 1. The van der Waals surface area contributed by atoms with E-state index in [1.807, 2.05) is 0 Å². The van der Waals surface area contributed by atoms with E-state index in [1.165, 1.54) is 30.7 Å². The molecule has 0 bridgehead atoms. The van der Waals surface area contributed by atoms with Crippen LogP contribution in [0.25, 0.3) is 0 Å². The van der Waals surface area contributed by atoms with Crippen LogP contribution in [0.2, 0.25) is 0 Å². The minimum atomic E-state index is -0.775. The molecular weight excluding hydrogens is 320 g/mol. The van der Waals surface area contributed by atoms with Crippen molar-refractivity contribution in [2.45, 2.75) is 26.2 Å². The van der Waals surface area contributed by atoms with Gasteiger partial charge >= 0.3 is 17.6 Å². The van der Waals surface area contributed by atoms with Crippen LogP contribution in [0.1, 0.15) is 20.1 Å². The molecule has 0 amide bonds. The molecule has 9 nitrogen and oxygen atoms in total. The molecule has 9 heteroatoms. The average molecular weight is 338 g/mol. The Bertz CT molecular complexity index is 749. The second-order valence-electron chi connectivity index (χ2n) is 5.24. The van der Waals surface area contributed by atoms with E-state index in [4.69, 9.17) is 14.2 Å². The Morgan fingerprint density at radius 3 is 2.46 bits per heavy atom. The van der Waals surface area contributed by atoms with Crippen molar-refractivity contribution in [3.8, 4) is 0 Å². The van der Waals surface area contributed by atoms with Crippen molar-refractivity contribution in [3.63, 3.8) is 0 Å². The van der Waals surface area contributed by atoms with Gasteiger partial charge in [-0.15, -0.1) is 0 Å². The molecule has 0 fully saturated rings. The fraction of sp³-hybridized carbons (Fsp3) is 0.467. The molecule has 3 atom stereocenters. The van der Waals surface area contributed by atoms with E-state index >= 15 is 0 Å². The zero-order valence-electron chi connectivity index (χ0n) is 13.3. The first-order valence-corrected chi connectivity index (χ1v) is 7.29. The number of H-pyrrole nitrogens is 1. The predicted octanol–water partition coefficient (Wildman–Crippen LogP) is -0.267. The lowest BCUT2D eigenvalue weighted by Crippen LogP contribution is -2.40. The average Bonchev–Trinajstić information content (AvgIpc) is 2.51. The molecule has 24 heavy (non-hydrogen) atoms. The van der Waals surface area contributed by atoms with Gasteiger partial charge in [0.15, 0.2) is 6.23 Å². The largest absolute Gasteiger partial charge is 0.465 e. The number of ether oxygens (including phenoxy) is 3. The van der Waals surface area contributed by atoms with Crippen molar-refractivity contribution in [2.24, 2.45) is 5.92 Å². The third-order valence-corrected chi connectivity index (χ3v) is 3.37. The zero-order chi connectivity index (χ0) is 17.7. The number of hydrogen-bond acceptors (Lipinski definition) is 7. The van der Waals surface area contributed by atoms with Gasteiger partial charge in [-0.1, -0.05) is 6.08 Å². The van der Waals surface area contributed by atoms with Gasteiger partial charge in [0.2, 0.25) is 0 Å². The van der Waals surface area contributed by atoms with Crippen LogP contribution in [0.3, 0.4) is 0 Å². The fourth-order valence-corrected chi connectivity index (χ4v) is 2.21. The van der Waals surface area contributed by atoms with E-state index in [2.05, 4.69) is 4.98 Å². The van der Waals surface area contributed by atoms with E-state index in [1.54, 1.807) is 12.2 Å². The van der Waals surface area contributed by atoms with Gasteiger partial charge in [0.25, 0.3) is 5.56 Å². The molecule has 1 aliphatic heterocycles. The molecule has 0 saturated carbocycles. The molecule has 0 spiro atoms. The summed E-state index contributed by atoms with van der Waals surface area (Å²) >= 11 is 0. The summed E-state index contributed by atoms with van der Waals surface area (Å²) in [4.78, 5) is 47.1. The summed E-state index contributed by atoms with van der Waals surface area (Å²) in [6, 6.07) is 1.20. The van der Waals surface area contributed by atoms with E-state index in [0.717, 1.165) is 0 Å². The van der Waals surface area contributed by atoms with Crippen molar-refractivity contribution in [2.75, 3.05) is 13.2 Å². The number of rotatable bonds is 5. The second-order valence-corrected chi connectivity index (χ2v) is 5.24. The van der Waals surface area contributed by atoms with Crippen molar-refractivity contribution in [3.05, 3.63) is 45.3 Å². The predicted molar refractivity (Wildman–Crippen MR) is 81.1 cm³/mol. The summed E-state index contributed by atoms with van der Waals surface area (Å²) in [5.41, 5.74) is -1.14. The fourth-order valence-electron chi connectivity index (χ4n) is 2.21. The number of aromatic nitrogens is 2. The molecule has 130 valence electrons. The normalized spacial score (nSPS) is 22.8. The quantitative estimate of drug-likeness (QED) is 0.580. The van der Waals surface area contributed by atoms with E-state index in [-0.39, 0.29) is 19.1 Å². The SMILES string of the molecule is CC(=O)OC[C@@H]1O[C@H](n2ccc(=O)[nH]c2=O)C=C[C@H]1COC(C)=O. The summed E-state index contributed by atoms with van der Waals surface area (Å²) < 4.78 is 16.9. The third-order valence-electron chi connectivity index (χ3n) is 3.37. The molecule has 1 aromatic rings. The zero-order valence-corrected chi connectivity index (χ0v) is 13.3. The first-order valence-electron chi connectivity index (χ1n) is 7.29. The van der Waals surface area contributed by atoms with Crippen molar-refractivity contribution >= 4 is 11.9 Å². The Hall–Kier alpha value is -2.68. The minimum absolute atomic E-state index is 0.0553.